The van der Waals surface area contributed by atoms with Gasteiger partial charge in [-0.1, -0.05) is 30.3 Å². The molecule has 0 unspecified atom stereocenters. The molecule has 1 N–H and O–H groups in total. The van der Waals surface area contributed by atoms with Gasteiger partial charge in [0.25, 0.3) is 0 Å². The number of halogens is 1. The zero-order valence-corrected chi connectivity index (χ0v) is 13.9. The number of ether oxygens (including phenoxy) is 1. The first-order valence-corrected chi connectivity index (χ1v) is 8.82. The van der Waals surface area contributed by atoms with E-state index < -0.39 is 0 Å². The highest BCUT2D eigenvalue weighted by atomic mass is 35.5. The van der Waals surface area contributed by atoms with Gasteiger partial charge >= 0.3 is 0 Å². The topological polar surface area (TPSA) is 38.3 Å². The van der Waals surface area contributed by atoms with Gasteiger partial charge in [-0.25, -0.2) is 0 Å². The van der Waals surface area contributed by atoms with E-state index in [-0.39, 0.29) is 18.1 Å². The first-order chi connectivity index (χ1) is 10.8. The van der Waals surface area contributed by atoms with Crippen molar-refractivity contribution in [3.8, 4) is 0 Å². The van der Waals surface area contributed by atoms with Crippen LogP contribution in [0.4, 0.5) is 0 Å². The first-order valence-electron chi connectivity index (χ1n) is 8.29. The number of benzene rings is 1. The van der Waals surface area contributed by atoms with Gasteiger partial charge in [0.15, 0.2) is 0 Å². The quantitative estimate of drug-likeness (QED) is 0.579. The molecule has 1 saturated carbocycles. The van der Waals surface area contributed by atoms with Gasteiger partial charge < -0.3 is 10.1 Å². The van der Waals surface area contributed by atoms with E-state index in [2.05, 4.69) is 17.4 Å². The lowest BCUT2D eigenvalue weighted by Crippen LogP contribution is -2.40. The van der Waals surface area contributed by atoms with Gasteiger partial charge in [-0.3, -0.25) is 4.79 Å². The second kappa shape index (κ2) is 9.86. The molecule has 0 radical (unpaired) electrons. The third kappa shape index (κ3) is 6.37. The van der Waals surface area contributed by atoms with Crippen molar-refractivity contribution in [3.05, 3.63) is 35.9 Å². The molecule has 1 amide bonds. The molecule has 2 atom stereocenters. The van der Waals surface area contributed by atoms with Gasteiger partial charge in [-0.15, -0.1) is 11.6 Å². The van der Waals surface area contributed by atoms with E-state index in [1.165, 1.54) is 5.56 Å². The van der Waals surface area contributed by atoms with Crippen molar-refractivity contribution in [2.75, 3.05) is 5.88 Å². The zero-order valence-electron chi connectivity index (χ0n) is 13.1. The van der Waals surface area contributed by atoms with E-state index in [4.69, 9.17) is 16.3 Å². The van der Waals surface area contributed by atoms with Crippen LogP contribution in [0.2, 0.25) is 0 Å². The number of alkyl halides is 1. The van der Waals surface area contributed by atoms with Crippen LogP contribution >= 0.6 is 11.6 Å². The molecular formula is C18H26ClNO2. The Morgan fingerprint density at radius 2 is 2.05 bits per heavy atom. The summed E-state index contributed by atoms with van der Waals surface area (Å²) in [5, 5.41) is 3.14. The molecule has 4 heteroatoms. The number of rotatable bonds is 8. The predicted molar refractivity (Wildman–Crippen MR) is 90.0 cm³/mol. The summed E-state index contributed by atoms with van der Waals surface area (Å²) in [5.74, 6) is 0.783. The van der Waals surface area contributed by atoms with Crippen molar-refractivity contribution < 1.29 is 9.53 Å². The van der Waals surface area contributed by atoms with Crippen LogP contribution in [-0.2, 0) is 16.1 Å². The summed E-state index contributed by atoms with van der Waals surface area (Å²) < 4.78 is 6.01. The van der Waals surface area contributed by atoms with Gasteiger partial charge in [0.2, 0.25) is 5.91 Å². The van der Waals surface area contributed by atoms with E-state index >= 15 is 0 Å². The number of hydrogen-bond acceptors (Lipinski definition) is 2. The van der Waals surface area contributed by atoms with Gasteiger partial charge in [0.1, 0.15) is 0 Å². The molecule has 1 aliphatic carbocycles. The third-order valence-corrected chi connectivity index (χ3v) is 4.37. The molecule has 2 rings (SSSR count). The fourth-order valence-corrected chi connectivity index (χ4v) is 3.08. The third-order valence-electron chi connectivity index (χ3n) is 4.11. The van der Waals surface area contributed by atoms with Crippen LogP contribution in [0.3, 0.4) is 0 Å². The average Bonchev–Trinajstić information content (AvgIpc) is 2.54. The van der Waals surface area contributed by atoms with Crippen LogP contribution in [0.5, 0.6) is 0 Å². The monoisotopic (exact) mass is 323 g/mol. The number of unbranched alkanes of at least 4 members (excludes halogenated alkanes) is 1. The lowest BCUT2D eigenvalue weighted by molar-refractivity contribution is -0.122. The molecule has 1 aromatic carbocycles. The van der Waals surface area contributed by atoms with Crippen molar-refractivity contribution in [1.82, 2.24) is 5.32 Å². The van der Waals surface area contributed by atoms with E-state index in [0.29, 0.717) is 18.9 Å². The van der Waals surface area contributed by atoms with Crippen molar-refractivity contribution in [2.24, 2.45) is 0 Å². The second-order valence-electron chi connectivity index (χ2n) is 6.00. The Labute approximate surface area is 138 Å². The summed E-state index contributed by atoms with van der Waals surface area (Å²) in [4.78, 5) is 11.9. The summed E-state index contributed by atoms with van der Waals surface area (Å²) in [7, 11) is 0. The molecule has 0 saturated heterocycles. The molecule has 0 aliphatic heterocycles. The van der Waals surface area contributed by atoms with Gasteiger partial charge in [0, 0.05) is 18.3 Å². The maximum atomic E-state index is 11.9. The van der Waals surface area contributed by atoms with E-state index in [1.807, 2.05) is 18.2 Å². The summed E-state index contributed by atoms with van der Waals surface area (Å²) in [5.41, 5.74) is 1.20. The molecule has 1 fully saturated rings. The molecule has 0 aromatic heterocycles. The largest absolute Gasteiger partial charge is 0.373 e. The molecule has 0 bridgehead atoms. The number of carbonyl (C=O) groups is 1. The average molecular weight is 324 g/mol. The van der Waals surface area contributed by atoms with E-state index in [1.54, 1.807) is 0 Å². The second-order valence-corrected chi connectivity index (χ2v) is 6.37. The fourth-order valence-electron chi connectivity index (χ4n) is 2.90. The lowest BCUT2D eigenvalue weighted by Gasteiger charge is -2.30. The molecular weight excluding hydrogens is 298 g/mol. The van der Waals surface area contributed by atoms with E-state index in [0.717, 1.165) is 38.5 Å². The molecule has 122 valence electrons. The fraction of sp³-hybridized carbons (Fsp3) is 0.611. The molecule has 1 aliphatic rings. The Hall–Kier alpha value is -1.06. The van der Waals surface area contributed by atoms with E-state index in [9.17, 15) is 4.79 Å². The standard InChI is InChI=1S/C18H26ClNO2/c19-12-5-4-11-18(21)20-16-9-6-10-17(13-16)22-14-15-7-2-1-3-8-15/h1-3,7-8,16-17H,4-6,9-14H2,(H,20,21)/t16-,17-/m1/s1. The van der Waals surface area contributed by atoms with Crippen LogP contribution in [0.25, 0.3) is 0 Å². The molecule has 0 spiro atoms. The SMILES string of the molecule is O=C(CCCCCl)N[C@@H]1CCC[C@@H](OCc2ccccc2)C1. The van der Waals surface area contributed by atoms with Gasteiger partial charge in [0.05, 0.1) is 12.7 Å². The van der Waals surface area contributed by atoms with Crippen LogP contribution in [0, 0.1) is 0 Å². The molecule has 3 nitrogen and oxygen atoms in total. The highest BCUT2D eigenvalue weighted by Crippen LogP contribution is 2.22. The minimum atomic E-state index is 0.152. The Balaban J connectivity index is 1.68. The van der Waals surface area contributed by atoms with Crippen molar-refractivity contribution in [3.63, 3.8) is 0 Å². The van der Waals surface area contributed by atoms with Crippen LogP contribution in [-0.4, -0.2) is 23.9 Å². The molecule has 22 heavy (non-hydrogen) atoms. The minimum absolute atomic E-state index is 0.152. The van der Waals surface area contributed by atoms with Crippen LogP contribution < -0.4 is 5.32 Å². The maximum absolute atomic E-state index is 11.9. The van der Waals surface area contributed by atoms with Gasteiger partial charge in [-0.05, 0) is 44.1 Å². The van der Waals surface area contributed by atoms with Crippen LogP contribution in [0.15, 0.2) is 30.3 Å². The highest BCUT2D eigenvalue weighted by molar-refractivity contribution is 6.17. The highest BCUT2D eigenvalue weighted by Gasteiger charge is 2.23. The Bertz CT molecular complexity index is 438. The summed E-state index contributed by atoms with van der Waals surface area (Å²) in [6.07, 6.45) is 6.80. The molecule has 1 aromatic rings. The van der Waals surface area contributed by atoms with Crippen molar-refractivity contribution >= 4 is 17.5 Å². The predicted octanol–water partition coefficient (Wildman–Crippen LogP) is 4.04. The number of amides is 1. The maximum Gasteiger partial charge on any atom is 0.220 e. The summed E-state index contributed by atoms with van der Waals surface area (Å²) in [6, 6.07) is 10.5. The van der Waals surface area contributed by atoms with Crippen LogP contribution in [0.1, 0.15) is 50.5 Å². The number of nitrogens with one attached hydrogen (secondary N) is 1. The minimum Gasteiger partial charge on any atom is -0.373 e. The number of carbonyl (C=O) groups excluding carboxylic acids is 1. The Morgan fingerprint density at radius 3 is 2.82 bits per heavy atom. The van der Waals surface area contributed by atoms with Crippen molar-refractivity contribution in [2.45, 2.75) is 63.7 Å². The summed E-state index contributed by atoms with van der Waals surface area (Å²) >= 11 is 5.63. The number of hydrogen-bond donors (Lipinski definition) is 1. The Kier molecular flexibility index (Phi) is 7.75. The summed E-state index contributed by atoms with van der Waals surface area (Å²) in [6.45, 7) is 0.655. The smallest absolute Gasteiger partial charge is 0.220 e. The Morgan fingerprint density at radius 1 is 1.23 bits per heavy atom. The van der Waals surface area contributed by atoms with Crippen molar-refractivity contribution in [1.29, 1.82) is 0 Å². The lowest BCUT2D eigenvalue weighted by atomic mass is 9.92. The normalized spacial score (nSPS) is 21.5. The first kappa shape index (κ1) is 17.3. The zero-order chi connectivity index (χ0) is 15.6. The van der Waals surface area contributed by atoms with Gasteiger partial charge in [-0.2, -0.15) is 0 Å². The molecule has 0 heterocycles.